The van der Waals surface area contributed by atoms with Crippen molar-refractivity contribution in [2.24, 2.45) is 4.99 Å². The molecule has 0 spiro atoms. The van der Waals surface area contributed by atoms with Crippen LogP contribution in [-0.2, 0) is 10.0 Å². The highest BCUT2D eigenvalue weighted by molar-refractivity contribution is 7.90. The number of rotatable bonds is 4. The van der Waals surface area contributed by atoms with E-state index in [1.807, 2.05) is 62.4 Å². The van der Waals surface area contributed by atoms with Crippen molar-refractivity contribution >= 4 is 27.6 Å². The van der Waals surface area contributed by atoms with Gasteiger partial charge in [-0.1, -0.05) is 66.2 Å². The van der Waals surface area contributed by atoms with Crippen LogP contribution in [0, 0.1) is 13.8 Å². The van der Waals surface area contributed by atoms with Crippen molar-refractivity contribution in [2.45, 2.75) is 18.7 Å². The molecule has 0 aliphatic carbocycles. The zero-order valence-corrected chi connectivity index (χ0v) is 20.0. The normalized spacial score (nSPS) is 12.1. The third-order valence-corrected chi connectivity index (χ3v) is 6.81. The van der Waals surface area contributed by atoms with Gasteiger partial charge in [0.25, 0.3) is 10.0 Å². The Morgan fingerprint density at radius 2 is 1.64 bits per heavy atom. The second-order valence-electron chi connectivity index (χ2n) is 7.56. The molecule has 168 valence electrons. The zero-order valence-electron chi connectivity index (χ0n) is 18.4. The van der Waals surface area contributed by atoms with Crippen molar-refractivity contribution in [3.8, 4) is 22.4 Å². The van der Waals surface area contributed by atoms with E-state index in [0.717, 1.165) is 27.9 Å². The number of hydrogen-bond donors (Lipinski definition) is 1. The van der Waals surface area contributed by atoms with Crippen LogP contribution >= 0.6 is 11.6 Å². The molecule has 6 nitrogen and oxygen atoms in total. The van der Waals surface area contributed by atoms with E-state index in [9.17, 15) is 8.42 Å². The molecule has 8 heteroatoms. The highest BCUT2D eigenvalue weighted by Gasteiger charge is 2.23. The van der Waals surface area contributed by atoms with Crippen molar-refractivity contribution in [1.29, 1.82) is 0 Å². The molecule has 4 aromatic rings. The van der Waals surface area contributed by atoms with Crippen LogP contribution in [0.15, 0.2) is 88.8 Å². The summed E-state index contributed by atoms with van der Waals surface area (Å²) in [5, 5.41) is 5.39. The number of sulfonamides is 1. The van der Waals surface area contributed by atoms with Crippen LogP contribution in [0.4, 0.5) is 0 Å². The molecule has 3 aromatic carbocycles. The van der Waals surface area contributed by atoms with Gasteiger partial charge in [-0.05, 0) is 49.2 Å². The molecule has 1 aromatic heterocycles. The number of aromatic nitrogens is 2. The maximum atomic E-state index is 13.1. The number of nitrogens with zero attached hydrogens (tertiary/aromatic N) is 3. The van der Waals surface area contributed by atoms with E-state index < -0.39 is 10.0 Å². The highest BCUT2D eigenvalue weighted by Crippen LogP contribution is 2.34. The molecule has 0 unspecified atom stereocenters. The van der Waals surface area contributed by atoms with Gasteiger partial charge in [-0.15, -0.1) is 0 Å². The molecule has 0 radical (unpaired) electrons. The minimum Gasteiger partial charge on any atom is -0.254 e. The van der Waals surface area contributed by atoms with Gasteiger partial charge >= 0.3 is 0 Å². The maximum Gasteiger partial charge on any atom is 0.264 e. The lowest BCUT2D eigenvalue weighted by Gasteiger charge is -2.12. The topological polar surface area (TPSA) is 76.3 Å². The highest BCUT2D eigenvalue weighted by atomic mass is 35.5. The minimum absolute atomic E-state index is 0.103. The van der Waals surface area contributed by atoms with Gasteiger partial charge in [0, 0.05) is 23.2 Å². The molecule has 0 saturated carbocycles. The molecule has 33 heavy (non-hydrogen) atoms. The Labute approximate surface area is 198 Å². The SMILES string of the molecule is CN=C(NS(=O)(=O)c1cccc(C)c1)n1nc(-c2ccc(Cl)cc2)c(-c2ccccc2)c1C. The molecular weight excluding hydrogens is 456 g/mol. The quantitative estimate of drug-likeness (QED) is 0.319. The van der Waals surface area contributed by atoms with Crippen LogP contribution in [0.2, 0.25) is 5.02 Å². The van der Waals surface area contributed by atoms with Gasteiger partial charge in [0.1, 0.15) is 5.69 Å². The monoisotopic (exact) mass is 478 g/mol. The first-order valence-electron chi connectivity index (χ1n) is 10.3. The van der Waals surface area contributed by atoms with Crippen LogP contribution in [0.3, 0.4) is 0 Å². The van der Waals surface area contributed by atoms with Crippen molar-refractivity contribution in [3.63, 3.8) is 0 Å². The summed E-state index contributed by atoms with van der Waals surface area (Å²) >= 11 is 6.09. The van der Waals surface area contributed by atoms with Gasteiger partial charge in [0.15, 0.2) is 0 Å². The van der Waals surface area contributed by atoms with Crippen molar-refractivity contribution in [2.75, 3.05) is 7.05 Å². The van der Waals surface area contributed by atoms with E-state index in [2.05, 4.69) is 9.71 Å². The second-order valence-corrected chi connectivity index (χ2v) is 9.68. The van der Waals surface area contributed by atoms with Crippen LogP contribution in [-0.4, -0.2) is 31.2 Å². The van der Waals surface area contributed by atoms with Gasteiger partial charge in [0.2, 0.25) is 5.96 Å². The molecule has 0 aliphatic rings. The lowest BCUT2D eigenvalue weighted by atomic mass is 9.99. The lowest BCUT2D eigenvalue weighted by molar-refractivity contribution is 0.591. The summed E-state index contributed by atoms with van der Waals surface area (Å²) in [6, 6.07) is 23.9. The Morgan fingerprint density at radius 3 is 2.27 bits per heavy atom. The molecule has 1 N–H and O–H groups in total. The van der Waals surface area contributed by atoms with Crippen molar-refractivity contribution in [3.05, 3.63) is 95.1 Å². The number of benzene rings is 3. The Bertz CT molecular complexity index is 1430. The Kier molecular flexibility index (Phi) is 6.35. The molecule has 1 heterocycles. The first kappa shape index (κ1) is 22.8. The van der Waals surface area contributed by atoms with Gasteiger partial charge in [0.05, 0.1) is 10.6 Å². The summed E-state index contributed by atoms with van der Waals surface area (Å²) in [5.41, 5.74) is 5.00. The molecule has 4 rings (SSSR count). The molecule has 0 saturated heterocycles. The first-order chi connectivity index (χ1) is 15.8. The van der Waals surface area contributed by atoms with E-state index >= 15 is 0 Å². The summed E-state index contributed by atoms with van der Waals surface area (Å²) in [6.07, 6.45) is 0. The first-order valence-corrected chi connectivity index (χ1v) is 12.1. The minimum atomic E-state index is -3.86. The Hall–Kier alpha value is -3.42. The van der Waals surface area contributed by atoms with Crippen molar-refractivity contribution in [1.82, 2.24) is 14.5 Å². The number of hydrogen-bond acceptors (Lipinski definition) is 4. The number of halogens is 1. The number of aliphatic imine (C=N–C) groups is 1. The molecule has 0 fully saturated rings. The molecule has 0 aliphatic heterocycles. The standard InChI is InChI=1S/C25H23ClN4O2S/c1-17-8-7-11-22(16-17)33(31,32)29-25(27-3)30-18(2)23(19-9-5-4-6-10-19)24(28-30)20-12-14-21(26)15-13-20/h4-16H,1-3H3,(H,27,29). The third-order valence-electron chi connectivity index (χ3n) is 5.23. The Balaban J connectivity index is 1.84. The average molecular weight is 479 g/mol. The summed E-state index contributed by atoms with van der Waals surface area (Å²) in [6.45, 7) is 3.73. The maximum absolute atomic E-state index is 13.1. The van der Waals surface area contributed by atoms with E-state index in [4.69, 9.17) is 16.7 Å². The van der Waals surface area contributed by atoms with Crippen molar-refractivity contribution < 1.29 is 8.42 Å². The van der Waals surface area contributed by atoms with Gasteiger partial charge in [-0.2, -0.15) is 5.10 Å². The fraction of sp³-hybridized carbons (Fsp3) is 0.120. The second kappa shape index (κ2) is 9.21. The number of nitrogens with one attached hydrogen (secondary N) is 1. The average Bonchev–Trinajstić information content (AvgIpc) is 3.15. The van der Waals surface area contributed by atoms with Crippen LogP contribution in [0.5, 0.6) is 0 Å². The molecular formula is C25H23ClN4O2S. The predicted molar refractivity (Wildman–Crippen MR) is 133 cm³/mol. The van der Waals surface area contributed by atoms with E-state index in [0.29, 0.717) is 10.7 Å². The van der Waals surface area contributed by atoms with E-state index in [1.54, 1.807) is 30.3 Å². The molecule has 0 atom stereocenters. The molecule has 0 bridgehead atoms. The summed E-state index contributed by atoms with van der Waals surface area (Å²) < 4.78 is 30.2. The summed E-state index contributed by atoms with van der Waals surface area (Å²) in [5.74, 6) is 0.103. The smallest absolute Gasteiger partial charge is 0.254 e. The van der Waals surface area contributed by atoms with E-state index in [-0.39, 0.29) is 10.9 Å². The molecule has 0 amide bonds. The summed E-state index contributed by atoms with van der Waals surface area (Å²) in [4.78, 5) is 4.38. The van der Waals surface area contributed by atoms with Gasteiger partial charge in [-0.25, -0.2) is 17.8 Å². The van der Waals surface area contributed by atoms with Crippen LogP contribution < -0.4 is 4.72 Å². The largest absolute Gasteiger partial charge is 0.264 e. The third kappa shape index (κ3) is 4.69. The van der Waals surface area contributed by atoms with Crippen LogP contribution in [0.25, 0.3) is 22.4 Å². The van der Waals surface area contributed by atoms with Crippen LogP contribution in [0.1, 0.15) is 11.3 Å². The zero-order chi connectivity index (χ0) is 23.6. The van der Waals surface area contributed by atoms with Gasteiger partial charge in [-0.3, -0.25) is 4.99 Å². The fourth-order valence-electron chi connectivity index (χ4n) is 3.61. The predicted octanol–water partition coefficient (Wildman–Crippen LogP) is 5.30. The lowest BCUT2D eigenvalue weighted by Crippen LogP contribution is -2.36. The van der Waals surface area contributed by atoms with E-state index in [1.165, 1.54) is 11.7 Å². The fourth-order valence-corrected chi connectivity index (χ4v) is 4.87. The Morgan fingerprint density at radius 1 is 0.939 bits per heavy atom. The summed E-state index contributed by atoms with van der Waals surface area (Å²) in [7, 11) is -2.33. The number of aryl methyl sites for hydroxylation is 1. The van der Waals surface area contributed by atoms with Gasteiger partial charge < -0.3 is 0 Å².